The summed E-state index contributed by atoms with van der Waals surface area (Å²) in [6.45, 7) is 0. The molecule has 2 aromatic carbocycles. The molecule has 136 valence electrons. The number of phenols is 1. The molecule has 8 nitrogen and oxygen atoms in total. The Balaban J connectivity index is 2.03. The number of nitrogens with zero attached hydrogens (tertiary/aromatic N) is 2. The van der Waals surface area contributed by atoms with Crippen LogP contribution in [0.4, 0.5) is 11.4 Å². The van der Waals surface area contributed by atoms with Gasteiger partial charge in [-0.15, -0.1) is 0 Å². The molecule has 27 heavy (non-hydrogen) atoms. The highest BCUT2D eigenvalue weighted by atomic mass is 35.5. The van der Waals surface area contributed by atoms with Gasteiger partial charge < -0.3 is 5.11 Å². The maximum Gasteiger partial charge on any atom is 0.311 e. The number of thiocarbonyl (C=S) groups is 1. The molecule has 2 amide bonds. The fourth-order valence-corrected chi connectivity index (χ4v) is 2.83. The van der Waals surface area contributed by atoms with Crippen molar-refractivity contribution in [3.05, 3.63) is 68.7 Å². The van der Waals surface area contributed by atoms with Crippen molar-refractivity contribution in [1.82, 2.24) is 5.32 Å². The molecular weight excluding hydrogens is 394 g/mol. The zero-order valence-electron chi connectivity index (χ0n) is 13.4. The van der Waals surface area contributed by atoms with Crippen LogP contribution in [0.2, 0.25) is 5.02 Å². The number of carbonyl (C=O) groups excluding carboxylic acids is 2. The van der Waals surface area contributed by atoms with Crippen LogP contribution in [0.5, 0.6) is 5.75 Å². The number of aromatic hydroxyl groups is 1. The van der Waals surface area contributed by atoms with E-state index < -0.39 is 28.2 Å². The van der Waals surface area contributed by atoms with E-state index in [4.69, 9.17) is 23.8 Å². The Kier molecular flexibility index (Phi) is 4.89. The molecule has 1 aliphatic heterocycles. The summed E-state index contributed by atoms with van der Waals surface area (Å²) in [5.74, 6) is -1.95. The Labute approximate surface area is 162 Å². The maximum atomic E-state index is 12.8. The summed E-state index contributed by atoms with van der Waals surface area (Å²) in [5, 5.41) is 23.2. The first-order valence-corrected chi connectivity index (χ1v) is 8.21. The van der Waals surface area contributed by atoms with Crippen molar-refractivity contribution in [2.75, 3.05) is 4.90 Å². The van der Waals surface area contributed by atoms with Crippen LogP contribution in [0, 0.1) is 10.1 Å². The average Bonchev–Trinajstić information content (AvgIpc) is 2.61. The number of hydrogen-bond donors (Lipinski definition) is 2. The van der Waals surface area contributed by atoms with Gasteiger partial charge in [-0.1, -0.05) is 17.7 Å². The molecule has 0 bridgehead atoms. The molecular formula is C17H10ClN3O5S. The molecule has 0 radical (unpaired) electrons. The third-order valence-electron chi connectivity index (χ3n) is 3.69. The highest BCUT2D eigenvalue weighted by Crippen LogP contribution is 2.28. The van der Waals surface area contributed by atoms with Crippen LogP contribution in [0.25, 0.3) is 6.08 Å². The molecule has 10 heteroatoms. The minimum Gasteiger partial charge on any atom is -0.502 e. The number of nitro groups is 1. The third kappa shape index (κ3) is 3.64. The zero-order chi connectivity index (χ0) is 19.7. The summed E-state index contributed by atoms with van der Waals surface area (Å²) < 4.78 is 0. The number of amides is 2. The fourth-order valence-electron chi connectivity index (χ4n) is 2.43. The summed E-state index contributed by atoms with van der Waals surface area (Å²) in [5.41, 5.74) is -0.213. The summed E-state index contributed by atoms with van der Waals surface area (Å²) in [4.78, 5) is 36.3. The van der Waals surface area contributed by atoms with Gasteiger partial charge in [0.2, 0.25) is 0 Å². The molecule has 1 fully saturated rings. The van der Waals surface area contributed by atoms with Gasteiger partial charge >= 0.3 is 5.69 Å². The normalized spacial score (nSPS) is 15.8. The number of rotatable bonds is 3. The van der Waals surface area contributed by atoms with Crippen LogP contribution in [0.1, 0.15) is 5.56 Å². The van der Waals surface area contributed by atoms with E-state index >= 15 is 0 Å². The van der Waals surface area contributed by atoms with Gasteiger partial charge in [0.15, 0.2) is 10.9 Å². The van der Waals surface area contributed by atoms with Crippen molar-refractivity contribution in [3.8, 4) is 5.75 Å². The molecule has 3 rings (SSSR count). The number of phenolic OH excluding ortho intramolecular Hbond substituents is 1. The molecule has 0 unspecified atom stereocenters. The number of carbonyl (C=O) groups is 2. The Hall–Kier alpha value is -3.30. The molecule has 0 saturated carbocycles. The van der Waals surface area contributed by atoms with E-state index in [0.29, 0.717) is 10.7 Å². The van der Waals surface area contributed by atoms with Crippen LogP contribution >= 0.6 is 23.8 Å². The lowest BCUT2D eigenvalue weighted by atomic mass is 10.1. The van der Waals surface area contributed by atoms with Gasteiger partial charge in [-0.3, -0.25) is 29.9 Å². The second kappa shape index (κ2) is 7.14. The Morgan fingerprint density at radius 3 is 2.48 bits per heavy atom. The van der Waals surface area contributed by atoms with Gasteiger partial charge in [0.1, 0.15) is 5.57 Å². The molecule has 2 N–H and O–H groups in total. The van der Waals surface area contributed by atoms with Crippen LogP contribution in [-0.4, -0.2) is 27.0 Å². The number of hydrogen-bond acceptors (Lipinski definition) is 6. The van der Waals surface area contributed by atoms with Gasteiger partial charge in [-0.2, -0.15) is 0 Å². The molecule has 0 aromatic heterocycles. The number of benzene rings is 2. The van der Waals surface area contributed by atoms with E-state index in [1.165, 1.54) is 12.1 Å². The molecule has 0 aliphatic carbocycles. The first-order chi connectivity index (χ1) is 12.8. The Bertz CT molecular complexity index is 1020. The van der Waals surface area contributed by atoms with Gasteiger partial charge in [0.25, 0.3) is 11.8 Å². The van der Waals surface area contributed by atoms with E-state index in [0.717, 1.165) is 17.0 Å². The van der Waals surface area contributed by atoms with E-state index in [9.17, 15) is 24.8 Å². The SMILES string of the molecule is O=C1NC(=S)N(c2ccc(Cl)cc2)C(=O)C1=Cc1ccc(O)c([N+](=O)[O-])c1. The quantitative estimate of drug-likeness (QED) is 0.268. The standard InChI is InChI=1S/C17H10ClN3O5S/c18-10-2-4-11(5-3-10)20-16(24)12(15(23)19-17(20)27)7-9-1-6-14(22)13(8-9)21(25)26/h1-8,22H,(H,19,23,27). The topological polar surface area (TPSA) is 113 Å². The lowest BCUT2D eigenvalue weighted by molar-refractivity contribution is -0.385. The second-order valence-electron chi connectivity index (χ2n) is 5.44. The minimum absolute atomic E-state index is 0.0961. The van der Waals surface area contributed by atoms with Crippen molar-refractivity contribution >= 4 is 58.2 Å². The van der Waals surface area contributed by atoms with Crippen molar-refractivity contribution in [1.29, 1.82) is 0 Å². The minimum atomic E-state index is -0.769. The first-order valence-electron chi connectivity index (χ1n) is 7.42. The Morgan fingerprint density at radius 2 is 1.85 bits per heavy atom. The lowest BCUT2D eigenvalue weighted by Gasteiger charge is -2.28. The molecule has 1 heterocycles. The molecule has 2 aromatic rings. The summed E-state index contributed by atoms with van der Waals surface area (Å²) in [7, 11) is 0. The number of anilines is 1. The summed E-state index contributed by atoms with van der Waals surface area (Å²) in [6.07, 6.45) is 1.19. The predicted octanol–water partition coefficient (Wildman–Crippen LogP) is 2.79. The smallest absolute Gasteiger partial charge is 0.311 e. The molecule has 1 aliphatic rings. The van der Waals surface area contributed by atoms with E-state index in [2.05, 4.69) is 5.32 Å². The van der Waals surface area contributed by atoms with E-state index in [1.54, 1.807) is 24.3 Å². The molecule has 1 saturated heterocycles. The van der Waals surface area contributed by atoms with E-state index in [-0.39, 0.29) is 16.2 Å². The maximum absolute atomic E-state index is 12.8. The molecule has 0 atom stereocenters. The van der Waals surface area contributed by atoms with Crippen LogP contribution in [0.15, 0.2) is 48.0 Å². The third-order valence-corrected chi connectivity index (χ3v) is 4.23. The lowest BCUT2D eigenvalue weighted by Crippen LogP contribution is -2.54. The monoisotopic (exact) mass is 403 g/mol. The predicted molar refractivity (Wildman–Crippen MR) is 102 cm³/mol. The van der Waals surface area contributed by atoms with Crippen molar-refractivity contribution in [2.45, 2.75) is 0 Å². The van der Waals surface area contributed by atoms with Crippen LogP contribution in [-0.2, 0) is 9.59 Å². The average molecular weight is 404 g/mol. The number of nitrogens with one attached hydrogen (secondary N) is 1. The van der Waals surface area contributed by atoms with Crippen LogP contribution in [0.3, 0.4) is 0 Å². The second-order valence-corrected chi connectivity index (χ2v) is 6.26. The van der Waals surface area contributed by atoms with Crippen LogP contribution < -0.4 is 10.2 Å². The van der Waals surface area contributed by atoms with E-state index in [1.807, 2.05) is 0 Å². The number of nitro benzene ring substituents is 1. The molecule has 0 spiro atoms. The van der Waals surface area contributed by atoms with Gasteiger partial charge in [-0.05, 0) is 54.2 Å². The zero-order valence-corrected chi connectivity index (χ0v) is 15.0. The Morgan fingerprint density at radius 1 is 1.19 bits per heavy atom. The van der Waals surface area contributed by atoms with Gasteiger partial charge in [0.05, 0.1) is 10.6 Å². The van der Waals surface area contributed by atoms with Crippen molar-refractivity contribution in [2.24, 2.45) is 0 Å². The van der Waals surface area contributed by atoms with Gasteiger partial charge in [0, 0.05) is 11.1 Å². The first kappa shape index (κ1) is 18.5. The summed E-state index contributed by atoms with van der Waals surface area (Å²) >= 11 is 10.9. The van der Waals surface area contributed by atoms with Gasteiger partial charge in [-0.25, -0.2) is 0 Å². The highest BCUT2D eigenvalue weighted by molar-refractivity contribution is 7.80. The van der Waals surface area contributed by atoms with Crippen molar-refractivity contribution in [3.63, 3.8) is 0 Å². The largest absolute Gasteiger partial charge is 0.502 e. The fraction of sp³-hybridized carbons (Fsp3) is 0. The summed E-state index contributed by atoms with van der Waals surface area (Å²) in [6, 6.07) is 9.77. The van der Waals surface area contributed by atoms with Crippen molar-refractivity contribution < 1.29 is 19.6 Å². The number of halogens is 1. The highest BCUT2D eigenvalue weighted by Gasteiger charge is 2.34.